The zero-order valence-corrected chi connectivity index (χ0v) is 11.1. The first-order valence-electron chi connectivity index (χ1n) is 5.89. The summed E-state index contributed by atoms with van der Waals surface area (Å²) in [5.41, 5.74) is 0.439. The van der Waals surface area contributed by atoms with Gasteiger partial charge in [-0.05, 0) is 18.4 Å². The number of alkyl halides is 1. The minimum absolute atomic E-state index is 0.0889. The molecule has 2 aromatic heterocycles. The lowest BCUT2D eigenvalue weighted by molar-refractivity contribution is 0.0238. The van der Waals surface area contributed by atoms with Crippen molar-refractivity contribution < 1.29 is 9.50 Å². The third-order valence-electron chi connectivity index (χ3n) is 3.04. The van der Waals surface area contributed by atoms with Gasteiger partial charge in [-0.1, -0.05) is 26.8 Å². The van der Waals surface area contributed by atoms with Gasteiger partial charge in [-0.15, -0.1) is 0 Å². The van der Waals surface area contributed by atoms with Gasteiger partial charge in [-0.3, -0.25) is 0 Å². The van der Waals surface area contributed by atoms with Crippen molar-refractivity contribution in [2.45, 2.75) is 38.7 Å². The van der Waals surface area contributed by atoms with Gasteiger partial charge in [0.1, 0.15) is 18.6 Å². The van der Waals surface area contributed by atoms with E-state index in [0.29, 0.717) is 11.3 Å². The fraction of sp³-hybridized carbons (Fsp3) is 0.538. The molecule has 0 radical (unpaired) electrons. The first-order valence-corrected chi connectivity index (χ1v) is 5.89. The molecule has 0 aliphatic rings. The molecule has 2 rings (SSSR count). The number of pyridine rings is 1. The molecule has 98 valence electrons. The van der Waals surface area contributed by atoms with E-state index in [1.807, 2.05) is 6.07 Å². The highest BCUT2D eigenvalue weighted by Crippen LogP contribution is 2.29. The SMILES string of the molecule is CC(C)(C)c1ccc([C@@](C)(O)CF)n2ncnc12. The van der Waals surface area contributed by atoms with Crippen LogP contribution in [0.25, 0.3) is 5.65 Å². The van der Waals surface area contributed by atoms with Gasteiger partial charge in [0.25, 0.3) is 0 Å². The van der Waals surface area contributed by atoms with Crippen LogP contribution >= 0.6 is 0 Å². The van der Waals surface area contributed by atoms with E-state index in [1.54, 1.807) is 6.07 Å². The number of rotatable bonds is 2. The largest absolute Gasteiger partial charge is 0.381 e. The Morgan fingerprint density at radius 3 is 2.50 bits per heavy atom. The lowest BCUT2D eigenvalue weighted by Gasteiger charge is -2.24. The van der Waals surface area contributed by atoms with Crippen molar-refractivity contribution >= 4 is 5.65 Å². The van der Waals surface area contributed by atoms with E-state index >= 15 is 0 Å². The Morgan fingerprint density at radius 2 is 1.94 bits per heavy atom. The Hall–Kier alpha value is -1.49. The summed E-state index contributed by atoms with van der Waals surface area (Å²) in [5.74, 6) is 0. The Bertz CT molecular complexity index is 569. The maximum atomic E-state index is 12.9. The maximum absolute atomic E-state index is 12.9. The molecule has 1 N–H and O–H groups in total. The minimum Gasteiger partial charge on any atom is -0.381 e. The predicted octanol–water partition coefficient (Wildman–Crippen LogP) is 2.20. The van der Waals surface area contributed by atoms with Crippen LogP contribution in [0.15, 0.2) is 18.5 Å². The molecular weight excluding hydrogens is 233 g/mol. The van der Waals surface area contributed by atoms with Gasteiger partial charge in [0.05, 0.1) is 5.69 Å². The molecule has 4 nitrogen and oxygen atoms in total. The fourth-order valence-electron chi connectivity index (χ4n) is 1.97. The molecule has 0 aliphatic heterocycles. The summed E-state index contributed by atoms with van der Waals surface area (Å²) in [4.78, 5) is 4.21. The van der Waals surface area contributed by atoms with Crippen LogP contribution in [0.3, 0.4) is 0 Å². The summed E-state index contributed by atoms with van der Waals surface area (Å²) >= 11 is 0. The molecule has 2 aromatic rings. The van der Waals surface area contributed by atoms with Crippen molar-refractivity contribution in [1.29, 1.82) is 0 Å². The Balaban J connectivity index is 2.73. The van der Waals surface area contributed by atoms with Gasteiger partial charge >= 0.3 is 0 Å². The number of nitrogens with zero attached hydrogens (tertiary/aromatic N) is 3. The molecule has 0 saturated heterocycles. The zero-order valence-electron chi connectivity index (χ0n) is 11.1. The quantitative estimate of drug-likeness (QED) is 0.890. The molecule has 2 heterocycles. The predicted molar refractivity (Wildman–Crippen MR) is 67.2 cm³/mol. The number of fused-ring (bicyclic) bond motifs is 1. The molecule has 0 aliphatic carbocycles. The topological polar surface area (TPSA) is 50.4 Å². The normalized spacial score (nSPS) is 15.9. The molecular formula is C13H18FN3O. The summed E-state index contributed by atoms with van der Waals surface area (Å²) < 4.78 is 14.4. The van der Waals surface area contributed by atoms with E-state index in [4.69, 9.17) is 0 Å². The summed E-state index contributed by atoms with van der Waals surface area (Å²) in [5, 5.41) is 14.1. The van der Waals surface area contributed by atoms with Crippen LogP contribution in [0.2, 0.25) is 0 Å². The molecule has 0 saturated carbocycles. The van der Waals surface area contributed by atoms with E-state index < -0.39 is 12.3 Å². The summed E-state index contributed by atoms with van der Waals surface area (Å²) in [6.45, 7) is 6.79. The summed E-state index contributed by atoms with van der Waals surface area (Å²) in [7, 11) is 0. The van der Waals surface area contributed by atoms with Crippen LogP contribution in [0.4, 0.5) is 4.39 Å². The average molecular weight is 251 g/mol. The van der Waals surface area contributed by atoms with Crippen LogP contribution in [-0.4, -0.2) is 26.4 Å². The van der Waals surface area contributed by atoms with Crippen molar-refractivity contribution in [1.82, 2.24) is 14.6 Å². The van der Waals surface area contributed by atoms with Gasteiger partial charge in [0, 0.05) is 5.56 Å². The lowest BCUT2D eigenvalue weighted by atomic mass is 9.87. The number of halogens is 1. The lowest BCUT2D eigenvalue weighted by Crippen LogP contribution is -2.28. The van der Waals surface area contributed by atoms with E-state index in [1.165, 1.54) is 17.8 Å². The second kappa shape index (κ2) is 4.02. The molecule has 0 bridgehead atoms. The van der Waals surface area contributed by atoms with Crippen LogP contribution in [0, 0.1) is 0 Å². The maximum Gasteiger partial charge on any atom is 0.159 e. The van der Waals surface area contributed by atoms with Crippen LogP contribution < -0.4 is 0 Å². The third-order valence-corrected chi connectivity index (χ3v) is 3.04. The van der Waals surface area contributed by atoms with E-state index in [2.05, 4.69) is 30.9 Å². The van der Waals surface area contributed by atoms with Crippen LogP contribution in [0.1, 0.15) is 39.0 Å². The van der Waals surface area contributed by atoms with Crippen molar-refractivity contribution in [3.05, 3.63) is 29.7 Å². The van der Waals surface area contributed by atoms with Crippen molar-refractivity contribution in [3.8, 4) is 0 Å². The molecule has 1 atom stereocenters. The number of hydrogen-bond donors (Lipinski definition) is 1. The number of aliphatic hydroxyl groups is 1. The molecule has 0 unspecified atom stereocenters. The second-order valence-corrected chi connectivity index (χ2v) is 5.79. The standard InChI is InChI=1S/C13H18FN3O/c1-12(2,3)9-5-6-10(13(4,18)7-14)17-11(9)15-8-16-17/h5-6,8,18H,7H2,1-4H3/t13-/m0/s1. The van der Waals surface area contributed by atoms with Crippen LogP contribution in [0.5, 0.6) is 0 Å². The molecule has 0 fully saturated rings. The van der Waals surface area contributed by atoms with Crippen molar-refractivity contribution in [3.63, 3.8) is 0 Å². The smallest absolute Gasteiger partial charge is 0.159 e. The Morgan fingerprint density at radius 1 is 1.28 bits per heavy atom. The first-order chi connectivity index (χ1) is 8.27. The van der Waals surface area contributed by atoms with E-state index in [0.717, 1.165) is 5.56 Å². The number of hydrogen-bond acceptors (Lipinski definition) is 3. The van der Waals surface area contributed by atoms with Gasteiger partial charge in [0.2, 0.25) is 0 Å². The van der Waals surface area contributed by atoms with Crippen LogP contribution in [-0.2, 0) is 11.0 Å². The summed E-state index contributed by atoms with van der Waals surface area (Å²) in [6, 6.07) is 3.59. The zero-order chi connectivity index (χ0) is 13.6. The Kier molecular flexibility index (Phi) is 2.89. The van der Waals surface area contributed by atoms with Gasteiger partial charge < -0.3 is 5.11 Å². The first kappa shape index (κ1) is 13.0. The highest BCUT2D eigenvalue weighted by molar-refractivity contribution is 5.51. The van der Waals surface area contributed by atoms with E-state index in [-0.39, 0.29) is 5.41 Å². The highest BCUT2D eigenvalue weighted by Gasteiger charge is 2.29. The monoisotopic (exact) mass is 251 g/mol. The van der Waals surface area contributed by atoms with Gasteiger partial charge in [-0.25, -0.2) is 13.9 Å². The molecule has 0 spiro atoms. The Labute approximate surface area is 105 Å². The van der Waals surface area contributed by atoms with Gasteiger partial charge in [-0.2, -0.15) is 5.10 Å². The second-order valence-electron chi connectivity index (χ2n) is 5.79. The fourth-order valence-corrected chi connectivity index (χ4v) is 1.97. The molecule has 18 heavy (non-hydrogen) atoms. The molecule has 0 aromatic carbocycles. The number of aromatic nitrogens is 3. The third kappa shape index (κ3) is 1.99. The minimum atomic E-state index is -1.55. The highest BCUT2D eigenvalue weighted by atomic mass is 19.1. The van der Waals surface area contributed by atoms with E-state index in [9.17, 15) is 9.50 Å². The molecule has 0 amide bonds. The van der Waals surface area contributed by atoms with Crippen molar-refractivity contribution in [2.24, 2.45) is 0 Å². The molecule has 5 heteroatoms. The van der Waals surface area contributed by atoms with Gasteiger partial charge in [0.15, 0.2) is 5.65 Å². The summed E-state index contributed by atoms with van der Waals surface area (Å²) in [6.07, 6.45) is 1.42. The average Bonchev–Trinajstić information content (AvgIpc) is 2.74. The van der Waals surface area contributed by atoms with Crippen molar-refractivity contribution in [2.75, 3.05) is 6.67 Å².